The van der Waals surface area contributed by atoms with Crippen molar-refractivity contribution in [3.05, 3.63) is 0 Å². The van der Waals surface area contributed by atoms with Crippen LogP contribution in [0.15, 0.2) is 0 Å². The maximum atomic E-state index is 12.1. The molecule has 1 amide bonds. The summed E-state index contributed by atoms with van der Waals surface area (Å²) in [6, 6.07) is 0. The second kappa shape index (κ2) is 3.43. The summed E-state index contributed by atoms with van der Waals surface area (Å²) >= 11 is 0. The third-order valence-electron chi connectivity index (χ3n) is 4.97. The highest BCUT2D eigenvalue weighted by atomic mass is 16.6. The lowest BCUT2D eigenvalue weighted by molar-refractivity contribution is -0.254. The van der Waals surface area contributed by atoms with Crippen molar-refractivity contribution in [2.75, 3.05) is 7.05 Å². The lowest BCUT2D eigenvalue weighted by atomic mass is 9.32. The number of carbonyl (C=O) groups excluding carboxylic acids is 1. The topological polar surface area (TPSA) is 29.5 Å². The van der Waals surface area contributed by atoms with Gasteiger partial charge in [0.15, 0.2) is 0 Å². The van der Waals surface area contributed by atoms with E-state index in [1.54, 1.807) is 0 Å². The van der Waals surface area contributed by atoms with E-state index in [1.807, 2.05) is 32.7 Å². The van der Waals surface area contributed by atoms with Crippen LogP contribution in [0.5, 0.6) is 0 Å². The number of carbonyl (C=O) groups is 1. The monoisotopic (exact) mass is 253 g/mol. The SMILES string of the molecule is CN(C(=O)OC(C)(C)C)C12CC(C(C)(C)C)(C1)C2. The van der Waals surface area contributed by atoms with Crippen molar-refractivity contribution in [3.63, 3.8) is 0 Å². The summed E-state index contributed by atoms with van der Waals surface area (Å²) in [5.74, 6) is 0. The Morgan fingerprint density at radius 3 is 1.83 bits per heavy atom. The summed E-state index contributed by atoms with van der Waals surface area (Å²) in [6.45, 7) is 12.7. The third kappa shape index (κ3) is 1.83. The van der Waals surface area contributed by atoms with Crippen LogP contribution in [0.4, 0.5) is 4.79 Å². The Kier molecular flexibility index (Phi) is 2.61. The van der Waals surface area contributed by atoms with Gasteiger partial charge in [-0.2, -0.15) is 0 Å². The van der Waals surface area contributed by atoms with E-state index in [0.29, 0.717) is 10.8 Å². The van der Waals surface area contributed by atoms with Gasteiger partial charge in [-0.05, 0) is 50.9 Å². The van der Waals surface area contributed by atoms with Crippen molar-refractivity contribution < 1.29 is 9.53 Å². The molecule has 0 saturated heterocycles. The molecule has 0 heterocycles. The molecule has 18 heavy (non-hydrogen) atoms. The average Bonchev–Trinajstić information content (AvgIpc) is 1.91. The summed E-state index contributed by atoms with van der Waals surface area (Å²) in [5.41, 5.74) is 0.499. The molecule has 0 N–H and O–H groups in total. The predicted octanol–water partition coefficient (Wildman–Crippen LogP) is 3.82. The normalized spacial score (nSPS) is 34.4. The average molecular weight is 253 g/mol. The second-order valence-electron chi connectivity index (χ2n) is 8.32. The molecule has 0 aromatic heterocycles. The first-order chi connectivity index (χ1) is 7.91. The smallest absolute Gasteiger partial charge is 0.410 e. The van der Waals surface area contributed by atoms with E-state index < -0.39 is 5.60 Å². The van der Waals surface area contributed by atoms with Gasteiger partial charge in [0.1, 0.15) is 5.60 Å². The molecule has 3 aliphatic carbocycles. The van der Waals surface area contributed by atoms with Gasteiger partial charge in [0, 0.05) is 12.6 Å². The molecule has 3 aliphatic rings. The predicted molar refractivity (Wildman–Crippen MR) is 72.5 cm³/mol. The summed E-state index contributed by atoms with van der Waals surface area (Å²) in [5, 5.41) is 0. The molecule has 0 atom stereocenters. The Balaban J connectivity index is 1.96. The molecule has 2 bridgehead atoms. The molecular formula is C15H27NO2. The zero-order valence-corrected chi connectivity index (χ0v) is 12.9. The highest BCUT2D eigenvalue weighted by Gasteiger charge is 2.74. The van der Waals surface area contributed by atoms with Crippen LogP contribution in [0, 0.1) is 10.8 Å². The fourth-order valence-corrected chi connectivity index (χ4v) is 3.41. The molecule has 0 spiro atoms. The van der Waals surface area contributed by atoms with Gasteiger partial charge in [0.05, 0.1) is 0 Å². The van der Waals surface area contributed by atoms with Crippen LogP contribution >= 0.6 is 0 Å². The van der Waals surface area contributed by atoms with Crippen LogP contribution in [0.2, 0.25) is 0 Å². The van der Waals surface area contributed by atoms with Gasteiger partial charge < -0.3 is 9.64 Å². The lowest BCUT2D eigenvalue weighted by Gasteiger charge is -2.77. The standard InChI is InChI=1S/C15H27NO2/c1-12(2,3)14-8-15(9-14,10-14)16(7)11(17)18-13(4,5)6/h8-10H2,1-7H3. The fourth-order valence-electron chi connectivity index (χ4n) is 3.41. The largest absolute Gasteiger partial charge is 0.444 e. The van der Waals surface area contributed by atoms with E-state index in [9.17, 15) is 4.79 Å². The fraction of sp³-hybridized carbons (Fsp3) is 0.933. The quantitative estimate of drug-likeness (QED) is 0.711. The molecule has 3 nitrogen and oxygen atoms in total. The summed E-state index contributed by atoms with van der Waals surface area (Å²) in [7, 11) is 1.89. The minimum atomic E-state index is -0.406. The highest BCUT2D eigenvalue weighted by molar-refractivity contribution is 5.70. The first kappa shape index (κ1) is 13.7. The Hall–Kier alpha value is -0.730. The van der Waals surface area contributed by atoms with Gasteiger partial charge in [-0.1, -0.05) is 20.8 Å². The van der Waals surface area contributed by atoms with E-state index in [-0.39, 0.29) is 11.6 Å². The lowest BCUT2D eigenvalue weighted by Crippen LogP contribution is -2.78. The Morgan fingerprint density at radius 2 is 1.50 bits per heavy atom. The van der Waals surface area contributed by atoms with E-state index in [4.69, 9.17) is 4.74 Å². The highest BCUT2D eigenvalue weighted by Crippen LogP contribution is 2.75. The van der Waals surface area contributed by atoms with Gasteiger partial charge in [0.2, 0.25) is 0 Å². The van der Waals surface area contributed by atoms with Crippen LogP contribution in [-0.2, 0) is 4.74 Å². The zero-order valence-electron chi connectivity index (χ0n) is 12.9. The minimum Gasteiger partial charge on any atom is -0.444 e. The Morgan fingerprint density at radius 1 is 1.06 bits per heavy atom. The number of hydrogen-bond donors (Lipinski definition) is 0. The van der Waals surface area contributed by atoms with Crippen molar-refractivity contribution >= 4 is 6.09 Å². The molecule has 3 saturated carbocycles. The maximum absolute atomic E-state index is 12.1. The molecule has 0 aromatic rings. The van der Waals surface area contributed by atoms with Crippen LogP contribution < -0.4 is 0 Å². The molecule has 0 unspecified atom stereocenters. The molecular weight excluding hydrogens is 226 g/mol. The molecule has 0 aromatic carbocycles. The summed E-state index contributed by atoms with van der Waals surface area (Å²) in [6.07, 6.45) is 3.24. The van der Waals surface area contributed by atoms with Gasteiger partial charge in [-0.25, -0.2) is 4.79 Å². The van der Waals surface area contributed by atoms with E-state index in [2.05, 4.69) is 20.8 Å². The van der Waals surface area contributed by atoms with Crippen LogP contribution in [0.25, 0.3) is 0 Å². The second-order valence-corrected chi connectivity index (χ2v) is 8.32. The first-order valence-corrected chi connectivity index (χ1v) is 6.88. The molecule has 3 fully saturated rings. The molecule has 3 rings (SSSR count). The van der Waals surface area contributed by atoms with Crippen LogP contribution in [0.3, 0.4) is 0 Å². The summed E-state index contributed by atoms with van der Waals surface area (Å²) < 4.78 is 5.45. The molecule has 104 valence electrons. The third-order valence-corrected chi connectivity index (χ3v) is 4.97. The van der Waals surface area contributed by atoms with Gasteiger partial charge >= 0.3 is 6.09 Å². The van der Waals surface area contributed by atoms with Crippen molar-refractivity contribution in [2.24, 2.45) is 10.8 Å². The van der Waals surface area contributed by atoms with E-state index >= 15 is 0 Å². The van der Waals surface area contributed by atoms with Crippen molar-refractivity contribution in [2.45, 2.75) is 71.9 Å². The minimum absolute atomic E-state index is 0.0929. The number of ether oxygens (including phenoxy) is 1. The van der Waals surface area contributed by atoms with Crippen molar-refractivity contribution in [1.82, 2.24) is 4.90 Å². The van der Waals surface area contributed by atoms with Gasteiger partial charge in [-0.15, -0.1) is 0 Å². The van der Waals surface area contributed by atoms with Crippen molar-refractivity contribution in [3.8, 4) is 0 Å². The molecule has 0 aliphatic heterocycles. The van der Waals surface area contributed by atoms with Crippen LogP contribution in [0.1, 0.15) is 60.8 Å². The number of amides is 1. The van der Waals surface area contributed by atoms with Gasteiger partial charge in [0.25, 0.3) is 0 Å². The number of nitrogens with zero attached hydrogens (tertiary/aromatic N) is 1. The molecule has 3 heteroatoms. The first-order valence-electron chi connectivity index (χ1n) is 6.88. The number of hydrogen-bond acceptors (Lipinski definition) is 2. The Labute approximate surface area is 111 Å². The molecule has 0 radical (unpaired) electrons. The summed E-state index contributed by atoms with van der Waals surface area (Å²) in [4.78, 5) is 13.9. The van der Waals surface area contributed by atoms with E-state index in [0.717, 1.165) is 19.3 Å². The number of rotatable bonds is 1. The zero-order chi connectivity index (χ0) is 14.0. The Bertz CT molecular complexity index is 353. The van der Waals surface area contributed by atoms with Gasteiger partial charge in [-0.3, -0.25) is 0 Å². The van der Waals surface area contributed by atoms with E-state index in [1.165, 1.54) is 0 Å². The maximum Gasteiger partial charge on any atom is 0.410 e. The van der Waals surface area contributed by atoms with Crippen molar-refractivity contribution in [1.29, 1.82) is 0 Å². The van der Waals surface area contributed by atoms with Crippen LogP contribution in [-0.4, -0.2) is 29.2 Å².